The van der Waals surface area contributed by atoms with Gasteiger partial charge >= 0.3 is 0 Å². The molecule has 3 heterocycles. The molecule has 0 atom stereocenters. The summed E-state index contributed by atoms with van der Waals surface area (Å²) in [4.78, 5) is 29.9. The fourth-order valence-electron chi connectivity index (χ4n) is 3.13. The second kappa shape index (κ2) is 7.15. The summed E-state index contributed by atoms with van der Waals surface area (Å²) in [5, 5.41) is 7.15. The maximum Gasteiger partial charge on any atom is 0.277 e. The smallest absolute Gasteiger partial charge is 0.277 e. The number of nitrogens with zero attached hydrogens (tertiary/aromatic N) is 4. The maximum atomic E-state index is 12.9. The van der Waals surface area contributed by atoms with Crippen molar-refractivity contribution in [2.45, 2.75) is 20.4 Å². The molecule has 0 aliphatic rings. The number of amides is 1. The summed E-state index contributed by atoms with van der Waals surface area (Å²) in [5.74, 6) is 0.423. The van der Waals surface area contributed by atoms with Crippen molar-refractivity contribution in [2.75, 3.05) is 11.9 Å². The molecule has 142 valence electrons. The molecule has 1 aromatic carbocycles. The number of carbonyl (C=O) groups is 1. The lowest BCUT2D eigenvalue weighted by Crippen LogP contribution is -2.29. The van der Waals surface area contributed by atoms with Crippen molar-refractivity contribution in [2.24, 2.45) is 0 Å². The van der Waals surface area contributed by atoms with Crippen LogP contribution >= 0.6 is 0 Å². The Kier molecular flexibility index (Phi) is 4.52. The molecule has 0 radical (unpaired) electrons. The van der Waals surface area contributed by atoms with E-state index in [9.17, 15) is 9.59 Å². The molecule has 8 heteroatoms. The largest absolute Gasteiger partial charge is 0.494 e. The number of carbonyl (C=O) groups excluding carboxylic acids is 1. The Morgan fingerprint density at radius 2 is 1.96 bits per heavy atom. The van der Waals surface area contributed by atoms with Crippen LogP contribution in [0.15, 0.2) is 53.5 Å². The lowest BCUT2D eigenvalue weighted by molar-refractivity contribution is -0.116. The third kappa shape index (κ3) is 3.20. The van der Waals surface area contributed by atoms with E-state index in [0.29, 0.717) is 34.7 Å². The van der Waals surface area contributed by atoms with Crippen LogP contribution in [-0.2, 0) is 11.3 Å². The first kappa shape index (κ1) is 17.7. The van der Waals surface area contributed by atoms with Crippen LogP contribution in [0.5, 0.6) is 5.75 Å². The Labute approximate surface area is 160 Å². The molecule has 0 unspecified atom stereocenters. The van der Waals surface area contributed by atoms with E-state index in [1.54, 1.807) is 48.7 Å². The number of nitrogens with one attached hydrogen (secondary N) is 1. The monoisotopic (exact) mass is 377 g/mol. The number of benzene rings is 1. The Balaban J connectivity index is 1.67. The van der Waals surface area contributed by atoms with Gasteiger partial charge in [-0.3, -0.25) is 14.2 Å². The van der Waals surface area contributed by atoms with Gasteiger partial charge in [-0.15, -0.1) is 0 Å². The number of rotatable bonds is 5. The number of pyridine rings is 1. The predicted octanol–water partition coefficient (Wildman–Crippen LogP) is 2.39. The normalized spacial score (nSPS) is 11.1. The molecule has 0 aliphatic heterocycles. The van der Waals surface area contributed by atoms with Crippen molar-refractivity contribution in [3.63, 3.8) is 0 Å². The van der Waals surface area contributed by atoms with Gasteiger partial charge in [0.05, 0.1) is 17.8 Å². The number of aryl methyl sites for hydroxylation is 1. The van der Waals surface area contributed by atoms with Crippen LogP contribution in [0.3, 0.4) is 0 Å². The highest BCUT2D eigenvalue weighted by atomic mass is 16.5. The van der Waals surface area contributed by atoms with E-state index in [2.05, 4.69) is 15.4 Å². The van der Waals surface area contributed by atoms with E-state index < -0.39 is 0 Å². The molecule has 4 aromatic rings. The van der Waals surface area contributed by atoms with Crippen molar-refractivity contribution in [1.29, 1.82) is 0 Å². The minimum Gasteiger partial charge on any atom is -0.494 e. The quantitative estimate of drug-likeness (QED) is 0.577. The Bertz CT molecular complexity index is 1220. The van der Waals surface area contributed by atoms with Gasteiger partial charge in [-0.2, -0.15) is 5.10 Å². The van der Waals surface area contributed by atoms with Crippen LogP contribution in [-0.4, -0.2) is 31.7 Å². The summed E-state index contributed by atoms with van der Waals surface area (Å²) in [6, 6.07) is 12.3. The number of anilines is 1. The fourth-order valence-corrected chi connectivity index (χ4v) is 3.13. The zero-order chi connectivity index (χ0) is 19.7. The van der Waals surface area contributed by atoms with Crippen LogP contribution in [0.25, 0.3) is 16.7 Å². The summed E-state index contributed by atoms with van der Waals surface area (Å²) in [6.07, 6.45) is 1.63. The van der Waals surface area contributed by atoms with Gasteiger partial charge in [0, 0.05) is 11.9 Å². The van der Waals surface area contributed by atoms with Crippen LogP contribution in [0.2, 0.25) is 0 Å². The van der Waals surface area contributed by atoms with Crippen molar-refractivity contribution in [3.05, 3.63) is 64.7 Å². The zero-order valence-corrected chi connectivity index (χ0v) is 15.5. The van der Waals surface area contributed by atoms with Crippen molar-refractivity contribution in [1.82, 2.24) is 19.2 Å². The van der Waals surface area contributed by atoms with Crippen molar-refractivity contribution < 1.29 is 9.53 Å². The Morgan fingerprint density at radius 1 is 1.18 bits per heavy atom. The van der Waals surface area contributed by atoms with E-state index >= 15 is 0 Å². The highest BCUT2D eigenvalue weighted by molar-refractivity contribution is 5.91. The van der Waals surface area contributed by atoms with Crippen LogP contribution in [0.4, 0.5) is 5.69 Å². The molecule has 0 spiro atoms. The number of hydrogen-bond donors (Lipinski definition) is 1. The van der Waals surface area contributed by atoms with E-state index in [0.717, 1.165) is 5.75 Å². The number of ether oxygens (including phenoxy) is 1. The maximum absolute atomic E-state index is 12.9. The molecular weight excluding hydrogens is 358 g/mol. The highest BCUT2D eigenvalue weighted by Crippen LogP contribution is 2.16. The summed E-state index contributed by atoms with van der Waals surface area (Å²) in [7, 11) is 0. The predicted molar refractivity (Wildman–Crippen MR) is 106 cm³/mol. The van der Waals surface area contributed by atoms with Crippen molar-refractivity contribution >= 4 is 28.3 Å². The van der Waals surface area contributed by atoms with Gasteiger partial charge in [-0.25, -0.2) is 9.50 Å². The summed E-state index contributed by atoms with van der Waals surface area (Å²) < 4.78 is 8.34. The first-order chi connectivity index (χ1) is 13.6. The van der Waals surface area contributed by atoms with Crippen LogP contribution in [0, 0.1) is 6.92 Å². The van der Waals surface area contributed by atoms with E-state index in [1.807, 2.05) is 13.8 Å². The third-order valence-electron chi connectivity index (χ3n) is 4.30. The van der Waals surface area contributed by atoms with Crippen LogP contribution < -0.4 is 15.6 Å². The average Bonchev–Trinajstić information content (AvgIpc) is 3.09. The zero-order valence-electron chi connectivity index (χ0n) is 15.5. The molecule has 1 amide bonds. The minimum atomic E-state index is -0.308. The molecule has 0 fully saturated rings. The number of fused-ring (bicyclic) bond motifs is 3. The summed E-state index contributed by atoms with van der Waals surface area (Å²) >= 11 is 0. The Morgan fingerprint density at radius 3 is 2.71 bits per heavy atom. The molecule has 1 N–H and O–H groups in total. The van der Waals surface area contributed by atoms with E-state index in [1.165, 1.54) is 9.08 Å². The first-order valence-corrected chi connectivity index (χ1v) is 8.93. The van der Waals surface area contributed by atoms with Gasteiger partial charge < -0.3 is 10.1 Å². The molecule has 3 aromatic heterocycles. The first-order valence-electron chi connectivity index (χ1n) is 8.93. The number of hydrogen-bond acceptors (Lipinski definition) is 5. The SMILES string of the molecule is CCOc1ccc(NC(=O)Cn2c(=O)c3cc(C)nn3c3ncccc32)cc1. The van der Waals surface area contributed by atoms with Crippen molar-refractivity contribution in [3.8, 4) is 5.75 Å². The molecule has 4 rings (SSSR count). The fraction of sp³-hybridized carbons (Fsp3) is 0.200. The van der Waals surface area contributed by atoms with Gasteiger partial charge in [0.2, 0.25) is 5.91 Å². The van der Waals surface area contributed by atoms with Gasteiger partial charge in [-0.1, -0.05) is 0 Å². The molecule has 8 nitrogen and oxygen atoms in total. The molecule has 0 saturated heterocycles. The third-order valence-corrected chi connectivity index (χ3v) is 4.30. The molecule has 28 heavy (non-hydrogen) atoms. The second-order valence-corrected chi connectivity index (χ2v) is 6.33. The summed E-state index contributed by atoms with van der Waals surface area (Å²) in [5.41, 5.74) is 2.51. The lowest BCUT2D eigenvalue weighted by atomic mass is 10.3. The van der Waals surface area contributed by atoms with Crippen LogP contribution in [0.1, 0.15) is 12.6 Å². The van der Waals surface area contributed by atoms with Gasteiger partial charge in [-0.05, 0) is 56.3 Å². The van der Waals surface area contributed by atoms with E-state index in [-0.39, 0.29) is 18.0 Å². The molecule has 0 aliphatic carbocycles. The molecule has 0 saturated carbocycles. The number of aromatic nitrogens is 4. The molecule has 0 bridgehead atoms. The summed E-state index contributed by atoms with van der Waals surface area (Å²) in [6.45, 7) is 4.16. The van der Waals surface area contributed by atoms with E-state index in [4.69, 9.17) is 4.74 Å². The second-order valence-electron chi connectivity index (χ2n) is 6.33. The van der Waals surface area contributed by atoms with Gasteiger partial charge in [0.15, 0.2) is 5.65 Å². The average molecular weight is 377 g/mol. The van der Waals surface area contributed by atoms with Gasteiger partial charge in [0.25, 0.3) is 5.56 Å². The topological polar surface area (TPSA) is 90.5 Å². The van der Waals surface area contributed by atoms with Gasteiger partial charge in [0.1, 0.15) is 17.8 Å². The molecular formula is C20H19N5O3. The standard InChI is InChI=1S/C20H19N5O3/c1-3-28-15-8-6-14(7-9-15)22-18(26)12-24-16-5-4-10-21-19(16)25-17(20(24)27)11-13(2)23-25/h4-11H,3,12H2,1-2H3,(H,22,26). The minimum absolute atomic E-state index is 0.130. The Hall–Kier alpha value is -3.68. The highest BCUT2D eigenvalue weighted by Gasteiger charge is 2.15. The lowest BCUT2D eigenvalue weighted by Gasteiger charge is -2.12.